The lowest BCUT2D eigenvalue weighted by molar-refractivity contribution is 0.0687. The molecule has 0 unspecified atom stereocenters. The van der Waals surface area contributed by atoms with E-state index in [1.54, 1.807) is 10.6 Å². The largest absolute Gasteiger partial charge is 0.476 e. The molecule has 3 atom stereocenters. The molecule has 1 N–H and O–H groups in total. The number of carboxylic acid groups (broad SMARTS) is 1. The molecule has 0 saturated heterocycles. The number of carboxylic acids is 1. The van der Waals surface area contributed by atoms with Gasteiger partial charge in [0, 0.05) is 6.04 Å². The number of fused-ring (bicyclic) bond motifs is 1. The van der Waals surface area contributed by atoms with E-state index in [-0.39, 0.29) is 11.7 Å². The Morgan fingerprint density at radius 1 is 1.28 bits per heavy atom. The number of unbranched alkanes of at least 4 members (excludes halogenated alkanes) is 1. The average molecular weight is 342 g/mol. The number of benzene rings is 1. The molecule has 5 heteroatoms. The normalized spacial score (nSPS) is 23.7. The van der Waals surface area contributed by atoms with Crippen molar-refractivity contribution >= 4 is 17.0 Å². The van der Waals surface area contributed by atoms with Crippen LogP contribution in [0.4, 0.5) is 0 Å². The minimum Gasteiger partial charge on any atom is -0.476 e. The van der Waals surface area contributed by atoms with Crippen LogP contribution in [0.1, 0.15) is 68.9 Å². The zero-order chi connectivity index (χ0) is 18.0. The molecule has 134 valence electrons. The van der Waals surface area contributed by atoms with Crippen molar-refractivity contribution in [3.05, 3.63) is 40.3 Å². The first-order valence-electron chi connectivity index (χ1n) is 9.25. The van der Waals surface area contributed by atoms with E-state index < -0.39 is 11.5 Å². The Balaban J connectivity index is 2.08. The van der Waals surface area contributed by atoms with Crippen LogP contribution in [0.25, 0.3) is 11.0 Å². The lowest BCUT2D eigenvalue weighted by Gasteiger charge is -2.35. The molecule has 1 fully saturated rings. The first kappa shape index (κ1) is 17.6. The molecular formula is C20H26N2O3. The highest BCUT2D eigenvalue weighted by Crippen LogP contribution is 2.38. The van der Waals surface area contributed by atoms with Crippen LogP contribution >= 0.6 is 0 Å². The monoisotopic (exact) mass is 342 g/mol. The summed E-state index contributed by atoms with van der Waals surface area (Å²) in [4.78, 5) is 28.4. The van der Waals surface area contributed by atoms with Crippen LogP contribution in [0.2, 0.25) is 0 Å². The summed E-state index contributed by atoms with van der Waals surface area (Å²) >= 11 is 0. The van der Waals surface area contributed by atoms with Crippen LogP contribution in [-0.2, 0) is 0 Å². The van der Waals surface area contributed by atoms with Crippen LogP contribution in [0.3, 0.4) is 0 Å². The summed E-state index contributed by atoms with van der Waals surface area (Å²) in [6, 6.07) is 7.39. The van der Waals surface area contributed by atoms with E-state index in [0.717, 1.165) is 18.4 Å². The summed E-state index contributed by atoms with van der Waals surface area (Å²) in [7, 11) is 0. The van der Waals surface area contributed by atoms with Crippen LogP contribution < -0.4 is 5.56 Å². The summed E-state index contributed by atoms with van der Waals surface area (Å²) in [6.07, 6.45) is 6.61. The molecule has 3 rings (SSSR count). The van der Waals surface area contributed by atoms with E-state index in [1.807, 2.05) is 18.2 Å². The van der Waals surface area contributed by atoms with E-state index in [9.17, 15) is 14.7 Å². The van der Waals surface area contributed by atoms with Crippen molar-refractivity contribution in [2.75, 3.05) is 0 Å². The van der Waals surface area contributed by atoms with Gasteiger partial charge in [-0.15, -0.1) is 0 Å². The number of carbonyl (C=O) groups is 1. The molecular weight excluding hydrogens is 316 g/mol. The van der Waals surface area contributed by atoms with E-state index >= 15 is 0 Å². The van der Waals surface area contributed by atoms with Crippen molar-refractivity contribution in [1.29, 1.82) is 0 Å². The van der Waals surface area contributed by atoms with Gasteiger partial charge in [-0.2, -0.15) is 0 Å². The maximum Gasteiger partial charge on any atom is 0.360 e. The van der Waals surface area contributed by atoms with Crippen LogP contribution in [-0.4, -0.2) is 20.6 Å². The van der Waals surface area contributed by atoms with Gasteiger partial charge in [0.1, 0.15) is 0 Å². The summed E-state index contributed by atoms with van der Waals surface area (Å²) in [5.41, 5.74) is 0.468. The second kappa shape index (κ2) is 7.38. The van der Waals surface area contributed by atoms with Crippen molar-refractivity contribution < 1.29 is 9.90 Å². The fourth-order valence-corrected chi connectivity index (χ4v) is 4.30. The Hall–Kier alpha value is -2.17. The molecule has 1 aliphatic rings. The molecule has 0 bridgehead atoms. The third-order valence-electron chi connectivity index (χ3n) is 5.34. The number of hydrogen-bond acceptors (Lipinski definition) is 3. The van der Waals surface area contributed by atoms with Crippen LogP contribution in [0.5, 0.6) is 0 Å². The summed E-state index contributed by atoms with van der Waals surface area (Å²) in [6.45, 7) is 4.43. The number of nitrogens with zero attached hydrogens (tertiary/aromatic N) is 2. The minimum atomic E-state index is -1.25. The van der Waals surface area contributed by atoms with E-state index in [2.05, 4.69) is 18.8 Å². The Morgan fingerprint density at radius 3 is 2.76 bits per heavy atom. The van der Waals surface area contributed by atoms with E-state index in [1.165, 1.54) is 25.7 Å². The summed E-state index contributed by atoms with van der Waals surface area (Å²) < 4.78 is 1.71. The van der Waals surface area contributed by atoms with Crippen molar-refractivity contribution in [1.82, 2.24) is 9.55 Å². The Bertz CT molecular complexity index is 827. The predicted molar refractivity (Wildman–Crippen MR) is 98.0 cm³/mol. The minimum absolute atomic E-state index is 0.0455. The Kier molecular flexibility index (Phi) is 5.21. The maximum atomic E-state index is 12.9. The van der Waals surface area contributed by atoms with Gasteiger partial charge in [-0.05, 0) is 43.2 Å². The summed E-state index contributed by atoms with van der Waals surface area (Å²) in [5, 5.41) is 9.39. The van der Waals surface area contributed by atoms with Crippen LogP contribution in [0, 0.1) is 11.8 Å². The van der Waals surface area contributed by atoms with Gasteiger partial charge in [0.25, 0.3) is 5.56 Å². The second-order valence-electron chi connectivity index (χ2n) is 7.40. The SMILES string of the molecule is CCCC[C@@H]1C[C@H](C)C[C@H](n2c(=O)c(C(=O)O)nc3ccccc32)C1. The number of para-hydroxylation sites is 2. The number of aromatic carboxylic acids is 1. The molecule has 0 spiro atoms. The Morgan fingerprint density at radius 2 is 2.04 bits per heavy atom. The molecule has 2 aromatic rings. The highest BCUT2D eigenvalue weighted by Gasteiger charge is 2.30. The van der Waals surface area contributed by atoms with Crippen molar-refractivity contribution in [2.45, 2.75) is 58.4 Å². The molecule has 0 amide bonds. The molecule has 1 aromatic carbocycles. The molecule has 1 heterocycles. The van der Waals surface area contributed by atoms with Crippen molar-refractivity contribution in [3.8, 4) is 0 Å². The molecule has 1 aromatic heterocycles. The van der Waals surface area contributed by atoms with Gasteiger partial charge >= 0.3 is 5.97 Å². The van der Waals surface area contributed by atoms with Gasteiger partial charge in [-0.3, -0.25) is 4.79 Å². The highest BCUT2D eigenvalue weighted by atomic mass is 16.4. The fourth-order valence-electron chi connectivity index (χ4n) is 4.30. The first-order chi connectivity index (χ1) is 12.0. The smallest absolute Gasteiger partial charge is 0.360 e. The number of hydrogen-bond donors (Lipinski definition) is 1. The lowest BCUT2D eigenvalue weighted by atomic mass is 9.77. The van der Waals surface area contributed by atoms with Crippen molar-refractivity contribution in [3.63, 3.8) is 0 Å². The van der Waals surface area contributed by atoms with Gasteiger partial charge in [-0.1, -0.05) is 45.2 Å². The average Bonchev–Trinajstić information content (AvgIpc) is 2.58. The maximum absolute atomic E-state index is 12.9. The van der Waals surface area contributed by atoms with Gasteiger partial charge in [-0.25, -0.2) is 9.78 Å². The summed E-state index contributed by atoms with van der Waals surface area (Å²) in [5.74, 6) is -0.121. The molecule has 1 aliphatic carbocycles. The first-order valence-corrected chi connectivity index (χ1v) is 9.25. The molecule has 0 aliphatic heterocycles. The second-order valence-corrected chi connectivity index (χ2v) is 7.40. The molecule has 25 heavy (non-hydrogen) atoms. The molecule has 1 saturated carbocycles. The third kappa shape index (κ3) is 3.60. The zero-order valence-electron chi connectivity index (χ0n) is 14.9. The standard InChI is InChI=1S/C20H26N2O3/c1-3-4-7-14-10-13(2)11-15(12-14)22-17-9-6-5-8-16(17)21-18(19(22)23)20(24)25/h5-6,8-9,13-15H,3-4,7,10-12H2,1-2H3,(H,24,25)/t13-,14+,15-/m0/s1. The lowest BCUT2D eigenvalue weighted by Crippen LogP contribution is -2.35. The molecule has 0 radical (unpaired) electrons. The van der Waals surface area contributed by atoms with Gasteiger partial charge in [0.15, 0.2) is 0 Å². The van der Waals surface area contributed by atoms with Gasteiger partial charge in [0.05, 0.1) is 11.0 Å². The fraction of sp³-hybridized carbons (Fsp3) is 0.550. The topological polar surface area (TPSA) is 72.2 Å². The highest BCUT2D eigenvalue weighted by molar-refractivity contribution is 5.88. The van der Waals surface area contributed by atoms with Crippen molar-refractivity contribution in [2.24, 2.45) is 11.8 Å². The zero-order valence-corrected chi connectivity index (χ0v) is 14.9. The van der Waals surface area contributed by atoms with Gasteiger partial charge in [0.2, 0.25) is 5.69 Å². The Labute approximate surface area is 147 Å². The van der Waals surface area contributed by atoms with E-state index in [0.29, 0.717) is 17.4 Å². The number of rotatable bonds is 5. The van der Waals surface area contributed by atoms with E-state index in [4.69, 9.17) is 0 Å². The van der Waals surface area contributed by atoms with Crippen LogP contribution in [0.15, 0.2) is 29.1 Å². The third-order valence-corrected chi connectivity index (χ3v) is 5.34. The quantitative estimate of drug-likeness (QED) is 0.881. The molecule has 5 nitrogen and oxygen atoms in total. The van der Waals surface area contributed by atoms with Gasteiger partial charge < -0.3 is 9.67 Å². The number of aromatic nitrogens is 2. The predicted octanol–water partition coefficient (Wildman–Crippen LogP) is 4.26.